The Labute approximate surface area is 124 Å². The number of nitrogens with zero attached hydrogens (tertiary/aromatic N) is 4. The molecule has 0 aliphatic heterocycles. The van der Waals surface area contributed by atoms with Crippen molar-refractivity contribution in [3.05, 3.63) is 29.3 Å². The number of aromatic nitrogens is 4. The van der Waals surface area contributed by atoms with Gasteiger partial charge in [-0.2, -0.15) is 23.4 Å². The lowest BCUT2D eigenvalue weighted by atomic mass is 10.3. The second-order valence-electron chi connectivity index (χ2n) is 5.05. The van der Waals surface area contributed by atoms with Gasteiger partial charge in [0.25, 0.3) is 0 Å². The molecule has 0 radical (unpaired) electrons. The molecular formula is C13H16F3N5O. The monoisotopic (exact) mass is 315 g/mol. The van der Waals surface area contributed by atoms with Crippen molar-refractivity contribution in [2.75, 3.05) is 5.32 Å². The summed E-state index contributed by atoms with van der Waals surface area (Å²) in [7, 11) is 1.72. The first-order chi connectivity index (χ1) is 10.1. The van der Waals surface area contributed by atoms with Gasteiger partial charge >= 0.3 is 6.18 Å². The summed E-state index contributed by atoms with van der Waals surface area (Å²) in [5.41, 5.74) is 0.508. The van der Waals surface area contributed by atoms with Crippen molar-refractivity contribution in [1.29, 1.82) is 0 Å². The Bertz CT molecular complexity index is 701. The number of halogens is 3. The van der Waals surface area contributed by atoms with Gasteiger partial charge in [0.1, 0.15) is 6.04 Å². The third-order valence-corrected chi connectivity index (χ3v) is 3.45. The molecule has 0 spiro atoms. The molecule has 2 aromatic rings. The Balaban J connectivity index is 2.21. The standard InChI is InChI=1S/C13H16F3N5O/c1-7-5-11(13(14,15)16)19-21(7)9(3)12(22)18-10-6-17-20(4)8(10)2/h5-6,9H,1-4H3,(H,18,22). The van der Waals surface area contributed by atoms with E-state index in [-0.39, 0.29) is 5.69 Å². The van der Waals surface area contributed by atoms with E-state index in [1.165, 1.54) is 20.0 Å². The van der Waals surface area contributed by atoms with Crippen LogP contribution >= 0.6 is 0 Å². The van der Waals surface area contributed by atoms with E-state index < -0.39 is 23.8 Å². The summed E-state index contributed by atoms with van der Waals surface area (Å²) in [4.78, 5) is 12.2. The van der Waals surface area contributed by atoms with E-state index in [1.807, 2.05) is 0 Å². The van der Waals surface area contributed by atoms with Crippen LogP contribution < -0.4 is 5.32 Å². The summed E-state index contributed by atoms with van der Waals surface area (Å²) in [5.74, 6) is -0.462. The number of rotatable bonds is 3. The number of carbonyl (C=O) groups is 1. The highest BCUT2D eigenvalue weighted by Gasteiger charge is 2.35. The summed E-state index contributed by atoms with van der Waals surface area (Å²) in [6, 6.07) is 0.0368. The van der Waals surface area contributed by atoms with Crippen LogP contribution in [-0.2, 0) is 18.0 Å². The highest BCUT2D eigenvalue weighted by molar-refractivity contribution is 5.93. The smallest absolute Gasteiger partial charge is 0.321 e. The first kappa shape index (κ1) is 16.1. The Kier molecular flexibility index (Phi) is 3.99. The van der Waals surface area contributed by atoms with Crippen LogP contribution in [0.4, 0.5) is 18.9 Å². The van der Waals surface area contributed by atoms with Gasteiger partial charge in [-0.05, 0) is 26.8 Å². The van der Waals surface area contributed by atoms with Gasteiger partial charge in [0, 0.05) is 12.7 Å². The Morgan fingerprint density at radius 3 is 2.45 bits per heavy atom. The van der Waals surface area contributed by atoms with E-state index >= 15 is 0 Å². The van der Waals surface area contributed by atoms with Gasteiger partial charge in [-0.15, -0.1) is 0 Å². The molecule has 0 aliphatic rings. The first-order valence-electron chi connectivity index (χ1n) is 6.54. The van der Waals surface area contributed by atoms with Crippen molar-refractivity contribution in [2.24, 2.45) is 7.05 Å². The van der Waals surface area contributed by atoms with Crippen molar-refractivity contribution >= 4 is 11.6 Å². The van der Waals surface area contributed by atoms with Gasteiger partial charge in [0.05, 0.1) is 17.6 Å². The molecule has 6 nitrogen and oxygen atoms in total. The van der Waals surface area contributed by atoms with Gasteiger partial charge in [0.2, 0.25) is 5.91 Å². The number of nitrogens with one attached hydrogen (secondary N) is 1. The van der Waals surface area contributed by atoms with Gasteiger partial charge in [0.15, 0.2) is 5.69 Å². The number of anilines is 1. The fourth-order valence-corrected chi connectivity index (χ4v) is 1.99. The van der Waals surface area contributed by atoms with Crippen LogP contribution in [0.1, 0.15) is 30.0 Å². The van der Waals surface area contributed by atoms with Crippen molar-refractivity contribution in [2.45, 2.75) is 33.0 Å². The lowest BCUT2D eigenvalue weighted by Crippen LogP contribution is -2.25. The maximum Gasteiger partial charge on any atom is 0.435 e. The largest absolute Gasteiger partial charge is 0.435 e. The van der Waals surface area contributed by atoms with E-state index in [0.29, 0.717) is 5.69 Å². The Hall–Kier alpha value is -2.32. The normalized spacial score (nSPS) is 13.2. The molecule has 0 saturated heterocycles. The maximum atomic E-state index is 12.7. The average molecular weight is 315 g/mol. The van der Waals surface area contributed by atoms with Crippen LogP contribution in [0.15, 0.2) is 12.3 Å². The van der Waals surface area contributed by atoms with Crippen molar-refractivity contribution in [1.82, 2.24) is 19.6 Å². The molecule has 2 heterocycles. The summed E-state index contributed by atoms with van der Waals surface area (Å²) < 4.78 is 40.6. The summed E-state index contributed by atoms with van der Waals surface area (Å²) >= 11 is 0. The molecule has 0 bridgehead atoms. The molecule has 1 N–H and O–H groups in total. The highest BCUT2D eigenvalue weighted by Crippen LogP contribution is 2.29. The number of hydrogen-bond donors (Lipinski definition) is 1. The molecule has 120 valence electrons. The molecule has 1 amide bonds. The molecule has 2 aromatic heterocycles. The minimum absolute atomic E-state index is 0.262. The fraction of sp³-hybridized carbons (Fsp3) is 0.462. The summed E-state index contributed by atoms with van der Waals surface area (Å²) in [6.45, 7) is 4.73. The van der Waals surface area contributed by atoms with E-state index in [2.05, 4.69) is 15.5 Å². The van der Waals surface area contributed by atoms with Gasteiger partial charge in [-0.25, -0.2) is 0 Å². The molecule has 0 saturated carbocycles. The van der Waals surface area contributed by atoms with Gasteiger partial charge in [-0.3, -0.25) is 14.2 Å². The highest BCUT2D eigenvalue weighted by atomic mass is 19.4. The second kappa shape index (κ2) is 5.47. The van der Waals surface area contributed by atoms with Crippen LogP contribution in [-0.4, -0.2) is 25.5 Å². The first-order valence-corrected chi connectivity index (χ1v) is 6.54. The molecule has 0 aromatic carbocycles. The predicted octanol–water partition coefficient (Wildman–Crippen LogP) is 2.45. The van der Waals surface area contributed by atoms with Crippen molar-refractivity contribution < 1.29 is 18.0 Å². The van der Waals surface area contributed by atoms with E-state index in [1.54, 1.807) is 18.7 Å². The van der Waals surface area contributed by atoms with Crippen LogP contribution in [0.5, 0.6) is 0 Å². The number of amides is 1. The Morgan fingerprint density at radius 2 is 2.00 bits per heavy atom. The van der Waals surface area contributed by atoms with Crippen LogP contribution in [0.2, 0.25) is 0 Å². The fourth-order valence-electron chi connectivity index (χ4n) is 1.99. The third kappa shape index (κ3) is 2.97. The van der Waals surface area contributed by atoms with E-state index in [0.717, 1.165) is 16.4 Å². The molecule has 0 fully saturated rings. The molecule has 2 rings (SSSR count). The number of aryl methyl sites for hydroxylation is 2. The minimum Gasteiger partial charge on any atom is -0.321 e. The third-order valence-electron chi connectivity index (χ3n) is 3.45. The second-order valence-corrected chi connectivity index (χ2v) is 5.05. The lowest BCUT2D eigenvalue weighted by Gasteiger charge is -2.14. The zero-order valence-electron chi connectivity index (χ0n) is 12.6. The van der Waals surface area contributed by atoms with Gasteiger partial charge < -0.3 is 5.32 Å². The molecule has 1 unspecified atom stereocenters. The maximum absolute atomic E-state index is 12.7. The number of hydrogen-bond acceptors (Lipinski definition) is 3. The van der Waals surface area contributed by atoms with E-state index in [4.69, 9.17) is 0 Å². The van der Waals surface area contributed by atoms with Crippen molar-refractivity contribution in [3.8, 4) is 0 Å². The van der Waals surface area contributed by atoms with Crippen LogP contribution in [0, 0.1) is 13.8 Å². The number of alkyl halides is 3. The molecular weight excluding hydrogens is 299 g/mol. The SMILES string of the molecule is Cc1c(NC(=O)C(C)n2nc(C(F)(F)F)cc2C)cnn1C. The summed E-state index contributed by atoms with van der Waals surface area (Å²) in [5, 5.41) is 10.1. The lowest BCUT2D eigenvalue weighted by molar-refractivity contribution is -0.141. The predicted molar refractivity (Wildman–Crippen MR) is 73.3 cm³/mol. The van der Waals surface area contributed by atoms with Crippen molar-refractivity contribution in [3.63, 3.8) is 0 Å². The molecule has 22 heavy (non-hydrogen) atoms. The number of carbonyl (C=O) groups excluding carboxylic acids is 1. The Morgan fingerprint density at radius 1 is 1.36 bits per heavy atom. The quantitative estimate of drug-likeness (QED) is 0.946. The molecule has 0 aliphatic carbocycles. The van der Waals surface area contributed by atoms with Gasteiger partial charge in [-0.1, -0.05) is 0 Å². The minimum atomic E-state index is -4.54. The molecule has 9 heteroatoms. The topological polar surface area (TPSA) is 64.7 Å². The zero-order chi connectivity index (χ0) is 16.7. The zero-order valence-corrected chi connectivity index (χ0v) is 12.6. The van der Waals surface area contributed by atoms with Crippen LogP contribution in [0.3, 0.4) is 0 Å². The summed E-state index contributed by atoms with van der Waals surface area (Å²) in [6.07, 6.45) is -3.05. The van der Waals surface area contributed by atoms with Crippen LogP contribution in [0.25, 0.3) is 0 Å². The average Bonchev–Trinajstić information content (AvgIpc) is 2.95. The molecule has 1 atom stereocenters. The van der Waals surface area contributed by atoms with E-state index in [9.17, 15) is 18.0 Å².